The van der Waals surface area contributed by atoms with Gasteiger partial charge in [-0.15, -0.1) is 0 Å². The zero-order chi connectivity index (χ0) is 14.3. The molecule has 0 aromatic carbocycles. The molecule has 0 fully saturated rings. The minimum atomic E-state index is 1.15. The number of aromatic nitrogens is 1. The van der Waals surface area contributed by atoms with E-state index < -0.39 is 0 Å². The van der Waals surface area contributed by atoms with Gasteiger partial charge in [-0.3, -0.25) is 4.98 Å². The van der Waals surface area contributed by atoms with Crippen molar-refractivity contribution in [2.45, 2.75) is 90.4 Å². The van der Waals surface area contributed by atoms with Gasteiger partial charge >= 0.3 is 0 Å². The van der Waals surface area contributed by atoms with Crippen LogP contribution in [0.15, 0.2) is 24.4 Å². The Balaban J connectivity index is 1.77. The minimum Gasteiger partial charge on any atom is -0.261 e. The summed E-state index contributed by atoms with van der Waals surface area (Å²) in [6.07, 6.45) is 20.0. The van der Waals surface area contributed by atoms with Crippen LogP contribution in [-0.2, 0) is 6.42 Å². The topological polar surface area (TPSA) is 12.9 Å². The lowest BCUT2D eigenvalue weighted by Crippen LogP contribution is -1.89. The van der Waals surface area contributed by atoms with Crippen molar-refractivity contribution in [3.63, 3.8) is 0 Å². The van der Waals surface area contributed by atoms with Crippen molar-refractivity contribution in [3.8, 4) is 0 Å². The first kappa shape index (κ1) is 17.2. The van der Waals surface area contributed by atoms with E-state index in [-0.39, 0.29) is 0 Å². The van der Waals surface area contributed by atoms with Gasteiger partial charge in [-0.05, 0) is 25.0 Å². The van der Waals surface area contributed by atoms with Crippen molar-refractivity contribution in [2.75, 3.05) is 0 Å². The molecule has 0 saturated carbocycles. The second-order valence-electron chi connectivity index (χ2n) is 5.96. The van der Waals surface area contributed by atoms with E-state index >= 15 is 0 Å². The summed E-state index contributed by atoms with van der Waals surface area (Å²) in [5.74, 6) is 0. The van der Waals surface area contributed by atoms with E-state index in [0.29, 0.717) is 0 Å². The zero-order valence-corrected chi connectivity index (χ0v) is 13.4. The summed E-state index contributed by atoms with van der Waals surface area (Å²) in [6.45, 7) is 2.29. The third-order valence-electron chi connectivity index (χ3n) is 4.01. The van der Waals surface area contributed by atoms with E-state index in [9.17, 15) is 0 Å². The minimum absolute atomic E-state index is 1.15. The van der Waals surface area contributed by atoms with Gasteiger partial charge in [0.05, 0.1) is 0 Å². The van der Waals surface area contributed by atoms with Gasteiger partial charge < -0.3 is 0 Å². The van der Waals surface area contributed by atoms with Crippen LogP contribution in [0.1, 0.15) is 89.7 Å². The number of nitrogens with zero attached hydrogens (tertiary/aromatic N) is 1. The van der Waals surface area contributed by atoms with Crippen LogP contribution in [0.2, 0.25) is 0 Å². The molecule has 1 nitrogen and oxygen atoms in total. The SMILES string of the molecule is CCCCCCCCCCCCCCc1ccccn1. The van der Waals surface area contributed by atoms with Crippen molar-refractivity contribution in [3.05, 3.63) is 30.1 Å². The molecular formula is C19H33N. The van der Waals surface area contributed by atoms with E-state index in [1.807, 2.05) is 12.3 Å². The first-order valence-electron chi connectivity index (χ1n) is 8.83. The fraction of sp³-hybridized carbons (Fsp3) is 0.737. The van der Waals surface area contributed by atoms with Gasteiger partial charge in [0.15, 0.2) is 0 Å². The summed E-state index contributed by atoms with van der Waals surface area (Å²) in [6, 6.07) is 6.22. The maximum atomic E-state index is 4.37. The Morgan fingerprint density at radius 3 is 1.75 bits per heavy atom. The lowest BCUT2D eigenvalue weighted by Gasteiger charge is -2.03. The third kappa shape index (κ3) is 10.00. The average Bonchev–Trinajstić information content (AvgIpc) is 2.49. The van der Waals surface area contributed by atoms with Crippen LogP contribution in [0, 0.1) is 0 Å². The lowest BCUT2D eigenvalue weighted by molar-refractivity contribution is 0.543. The lowest BCUT2D eigenvalue weighted by atomic mass is 10.0. The van der Waals surface area contributed by atoms with Crippen LogP contribution < -0.4 is 0 Å². The first-order chi connectivity index (χ1) is 9.93. The second kappa shape index (κ2) is 13.1. The van der Waals surface area contributed by atoms with Crippen LogP contribution in [0.3, 0.4) is 0 Å². The fourth-order valence-electron chi connectivity index (χ4n) is 2.69. The molecule has 1 heterocycles. The summed E-state index contributed by atoms with van der Waals surface area (Å²) in [4.78, 5) is 4.37. The number of hydrogen-bond acceptors (Lipinski definition) is 1. The van der Waals surface area contributed by atoms with Gasteiger partial charge in [0.1, 0.15) is 0 Å². The molecule has 0 bridgehead atoms. The van der Waals surface area contributed by atoms with E-state index in [1.165, 1.54) is 82.7 Å². The Morgan fingerprint density at radius 1 is 0.700 bits per heavy atom. The first-order valence-corrected chi connectivity index (χ1v) is 8.83. The molecule has 0 atom stereocenters. The molecule has 1 aromatic heterocycles. The second-order valence-corrected chi connectivity index (χ2v) is 5.96. The van der Waals surface area contributed by atoms with Crippen molar-refractivity contribution >= 4 is 0 Å². The molecule has 114 valence electrons. The van der Waals surface area contributed by atoms with Gasteiger partial charge in [-0.2, -0.15) is 0 Å². The van der Waals surface area contributed by atoms with Crippen molar-refractivity contribution in [1.29, 1.82) is 0 Å². The average molecular weight is 275 g/mol. The Bertz CT molecular complexity index is 294. The molecule has 0 aliphatic heterocycles. The van der Waals surface area contributed by atoms with Gasteiger partial charge in [0.2, 0.25) is 0 Å². The van der Waals surface area contributed by atoms with Crippen LogP contribution in [0.4, 0.5) is 0 Å². The van der Waals surface area contributed by atoms with Crippen LogP contribution >= 0.6 is 0 Å². The van der Waals surface area contributed by atoms with E-state index in [1.54, 1.807) is 0 Å². The molecule has 0 spiro atoms. The monoisotopic (exact) mass is 275 g/mol. The van der Waals surface area contributed by atoms with E-state index in [4.69, 9.17) is 0 Å². The highest BCUT2D eigenvalue weighted by atomic mass is 14.7. The Kier molecular flexibility index (Phi) is 11.3. The number of pyridine rings is 1. The molecule has 1 heteroatoms. The molecule has 0 radical (unpaired) electrons. The maximum Gasteiger partial charge on any atom is 0.0403 e. The number of rotatable bonds is 13. The van der Waals surface area contributed by atoms with Gasteiger partial charge in [0.25, 0.3) is 0 Å². The quantitative estimate of drug-likeness (QED) is 0.383. The van der Waals surface area contributed by atoms with Gasteiger partial charge in [-0.25, -0.2) is 0 Å². The summed E-state index contributed by atoms with van der Waals surface area (Å²) < 4.78 is 0. The molecular weight excluding hydrogens is 242 g/mol. The van der Waals surface area contributed by atoms with Crippen molar-refractivity contribution < 1.29 is 0 Å². The molecule has 0 N–H and O–H groups in total. The molecule has 0 amide bonds. The fourth-order valence-corrected chi connectivity index (χ4v) is 2.69. The zero-order valence-electron chi connectivity index (χ0n) is 13.4. The molecule has 20 heavy (non-hydrogen) atoms. The number of hydrogen-bond donors (Lipinski definition) is 0. The Hall–Kier alpha value is -0.850. The number of aryl methyl sites for hydroxylation is 1. The molecule has 0 aliphatic rings. The standard InChI is InChI=1S/C19H33N/c1-2-3-4-5-6-7-8-9-10-11-12-13-16-19-17-14-15-18-20-19/h14-15,17-18H,2-13,16H2,1H3. The predicted octanol–water partition coefficient (Wildman–Crippen LogP) is 6.33. The molecule has 0 unspecified atom stereocenters. The highest BCUT2D eigenvalue weighted by Gasteiger charge is 1.95. The molecule has 0 aliphatic carbocycles. The Labute approximate surface area is 126 Å². The van der Waals surface area contributed by atoms with E-state index in [2.05, 4.69) is 24.0 Å². The summed E-state index contributed by atoms with van der Waals surface area (Å²) in [5.41, 5.74) is 1.25. The Morgan fingerprint density at radius 2 is 1.25 bits per heavy atom. The third-order valence-corrected chi connectivity index (χ3v) is 4.01. The predicted molar refractivity (Wildman–Crippen MR) is 89.0 cm³/mol. The smallest absolute Gasteiger partial charge is 0.0403 e. The summed E-state index contributed by atoms with van der Waals surface area (Å²) in [5, 5.41) is 0. The normalized spacial score (nSPS) is 10.8. The van der Waals surface area contributed by atoms with Crippen LogP contribution in [0.5, 0.6) is 0 Å². The molecule has 0 saturated heterocycles. The highest BCUT2D eigenvalue weighted by Crippen LogP contribution is 2.12. The van der Waals surface area contributed by atoms with Crippen LogP contribution in [-0.4, -0.2) is 4.98 Å². The summed E-state index contributed by atoms with van der Waals surface area (Å²) in [7, 11) is 0. The van der Waals surface area contributed by atoms with E-state index in [0.717, 1.165) is 6.42 Å². The summed E-state index contributed by atoms with van der Waals surface area (Å²) >= 11 is 0. The maximum absolute atomic E-state index is 4.37. The van der Waals surface area contributed by atoms with Gasteiger partial charge in [0, 0.05) is 11.9 Å². The molecule has 1 aromatic rings. The highest BCUT2D eigenvalue weighted by molar-refractivity contribution is 5.03. The van der Waals surface area contributed by atoms with Crippen molar-refractivity contribution in [1.82, 2.24) is 4.98 Å². The van der Waals surface area contributed by atoms with Crippen molar-refractivity contribution in [2.24, 2.45) is 0 Å². The van der Waals surface area contributed by atoms with Gasteiger partial charge in [-0.1, -0.05) is 83.6 Å². The molecule has 1 rings (SSSR count). The number of unbranched alkanes of at least 4 members (excludes halogenated alkanes) is 11. The largest absolute Gasteiger partial charge is 0.261 e. The van der Waals surface area contributed by atoms with Crippen LogP contribution in [0.25, 0.3) is 0 Å².